The Morgan fingerprint density at radius 1 is 1.27 bits per heavy atom. The molecule has 12 heteroatoms. The summed E-state index contributed by atoms with van der Waals surface area (Å²) in [6, 6.07) is 5.44. The smallest absolute Gasteiger partial charge is 0.172 e. The topological polar surface area (TPSA) is 108 Å². The number of fused-ring (bicyclic) bond motifs is 2. The van der Waals surface area contributed by atoms with Gasteiger partial charge in [0.05, 0.1) is 23.5 Å². The molecule has 2 aromatic heterocycles. The Morgan fingerprint density at radius 2 is 2.10 bits per heavy atom. The standard InChI is InChI=1S/C30H34FN7O2.C9H15NO/c1-6-8-10-37-16-19(3)17-39-27-15-25-28(36-30(27)37)29(33-18-32-25)35-24-12-20(4)26(14-23(24)31)40-22-9-11-38(34-7-2)21(5)13-22;1-8(11)5-6-9-4-3-7-10(9)2/h7,9,11-15,18-19H,5-6,8,10,16-17H2,1-4H3,(H,32,33,35);5-6,9H,3-4,7H2,1-2H3/b34-7-;6-5+. The van der Waals surface area contributed by atoms with Crippen LogP contribution in [0.25, 0.3) is 11.0 Å². The minimum Gasteiger partial charge on any atom is -0.489 e. The van der Waals surface area contributed by atoms with Gasteiger partial charge in [-0.3, -0.25) is 9.69 Å². The number of unbranched alkanes of at least 4 members (excludes halogenated alkanes) is 1. The number of halogens is 1. The summed E-state index contributed by atoms with van der Waals surface area (Å²) in [7, 11) is 2.10. The van der Waals surface area contributed by atoms with Crippen molar-refractivity contribution in [1.82, 2.24) is 24.9 Å². The monoisotopic (exact) mass is 696 g/mol. The van der Waals surface area contributed by atoms with E-state index >= 15 is 4.39 Å². The number of aryl methyl sites for hydroxylation is 1. The number of likely N-dealkylation sites (N-methyl/N-ethyl adjacent to an activating group) is 1. The summed E-state index contributed by atoms with van der Waals surface area (Å²) in [4.78, 5) is 28.9. The van der Waals surface area contributed by atoms with E-state index in [-0.39, 0.29) is 11.5 Å². The number of rotatable bonds is 10. The van der Waals surface area contributed by atoms with Crippen molar-refractivity contribution in [2.75, 3.05) is 43.5 Å². The molecule has 1 fully saturated rings. The lowest BCUT2D eigenvalue weighted by atomic mass is 10.1. The maximum Gasteiger partial charge on any atom is 0.172 e. The highest BCUT2D eigenvalue weighted by molar-refractivity contribution is 5.90. The molecule has 1 saturated heterocycles. The maximum absolute atomic E-state index is 15.4. The lowest BCUT2D eigenvalue weighted by Crippen LogP contribution is -2.30. The Hall–Kier alpha value is -5.10. The van der Waals surface area contributed by atoms with Crippen LogP contribution in [0.2, 0.25) is 0 Å². The van der Waals surface area contributed by atoms with Gasteiger partial charge in [-0.25, -0.2) is 24.4 Å². The quantitative estimate of drug-likeness (QED) is 0.167. The zero-order valence-corrected chi connectivity index (χ0v) is 30.5. The van der Waals surface area contributed by atoms with Gasteiger partial charge in [0.2, 0.25) is 0 Å². The molecule has 6 rings (SSSR count). The van der Waals surface area contributed by atoms with Crippen LogP contribution < -0.4 is 19.7 Å². The molecular weight excluding hydrogens is 647 g/mol. The fourth-order valence-electron chi connectivity index (χ4n) is 6.04. The molecule has 0 radical (unpaired) electrons. The number of hydrazone groups is 1. The first-order valence-electron chi connectivity index (χ1n) is 17.6. The van der Waals surface area contributed by atoms with Crippen LogP contribution in [0, 0.1) is 18.7 Å². The van der Waals surface area contributed by atoms with Crippen molar-refractivity contribution >= 4 is 40.4 Å². The van der Waals surface area contributed by atoms with Gasteiger partial charge in [0.1, 0.15) is 29.2 Å². The molecular formula is C39H49FN8O3. The molecule has 2 atom stereocenters. The van der Waals surface area contributed by atoms with Crippen molar-refractivity contribution in [3.8, 4) is 11.5 Å². The van der Waals surface area contributed by atoms with Gasteiger partial charge in [0.25, 0.3) is 0 Å². The Bertz CT molecular complexity index is 1860. The van der Waals surface area contributed by atoms with E-state index in [1.807, 2.05) is 26.0 Å². The number of hydrogen-bond donors (Lipinski definition) is 1. The van der Waals surface area contributed by atoms with Gasteiger partial charge < -0.3 is 19.7 Å². The van der Waals surface area contributed by atoms with Crippen LogP contribution in [-0.4, -0.2) is 76.2 Å². The van der Waals surface area contributed by atoms with Crippen LogP contribution in [-0.2, 0) is 4.79 Å². The third-order valence-corrected chi connectivity index (χ3v) is 8.79. The van der Waals surface area contributed by atoms with Gasteiger partial charge in [-0.15, -0.1) is 0 Å². The SMILES string of the molecule is C=C1C=C(Oc2cc(F)c(Nc3ncnc4cc5c(nc34)N(CCCC)CC(C)CO5)cc2C)C=CN1/N=C\C.CC(=O)/C=C/C1CCCN1C. The summed E-state index contributed by atoms with van der Waals surface area (Å²) in [6.45, 7) is 17.1. The normalized spacial score (nSPS) is 19.1. The zero-order valence-electron chi connectivity index (χ0n) is 30.5. The average Bonchev–Trinajstić information content (AvgIpc) is 3.45. The fourth-order valence-corrected chi connectivity index (χ4v) is 6.04. The van der Waals surface area contributed by atoms with E-state index in [2.05, 4.69) is 57.7 Å². The minimum absolute atomic E-state index is 0.144. The van der Waals surface area contributed by atoms with E-state index in [4.69, 9.17) is 14.5 Å². The largest absolute Gasteiger partial charge is 0.489 e. The number of nitrogens with one attached hydrogen (secondary N) is 1. The molecule has 11 nitrogen and oxygen atoms in total. The van der Waals surface area contributed by atoms with Crippen molar-refractivity contribution in [2.24, 2.45) is 11.0 Å². The number of ether oxygens (including phenoxy) is 2. The molecule has 270 valence electrons. The molecule has 0 spiro atoms. The predicted octanol–water partition coefficient (Wildman–Crippen LogP) is 7.69. The van der Waals surface area contributed by atoms with Gasteiger partial charge in [-0.05, 0) is 77.4 Å². The summed E-state index contributed by atoms with van der Waals surface area (Å²) in [5, 5.41) is 8.95. The molecule has 0 bridgehead atoms. The molecule has 3 aliphatic heterocycles. The second-order valence-electron chi connectivity index (χ2n) is 13.2. The zero-order chi connectivity index (χ0) is 36.5. The van der Waals surface area contributed by atoms with E-state index < -0.39 is 5.82 Å². The van der Waals surface area contributed by atoms with E-state index in [9.17, 15) is 4.79 Å². The molecule has 51 heavy (non-hydrogen) atoms. The molecule has 1 aromatic carbocycles. The number of benzene rings is 1. The van der Waals surface area contributed by atoms with E-state index in [0.717, 1.165) is 43.9 Å². The second-order valence-corrected chi connectivity index (χ2v) is 13.2. The van der Waals surface area contributed by atoms with Crippen molar-refractivity contribution in [3.05, 3.63) is 84.4 Å². The first-order valence-corrected chi connectivity index (χ1v) is 17.6. The van der Waals surface area contributed by atoms with E-state index in [1.54, 1.807) is 48.6 Å². The number of nitrogens with zero attached hydrogens (tertiary/aromatic N) is 7. The lowest BCUT2D eigenvalue weighted by Gasteiger charge is -2.24. The summed E-state index contributed by atoms with van der Waals surface area (Å²) >= 11 is 0. The maximum atomic E-state index is 15.4. The van der Waals surface area contributed by atoms with E-state index in [0.29, 0.717) is 58.4 Å². The number of carbonyl (C=O) groups excluding carboxylic acids is 1. The first-order chi connectivity index (χ1) is 24.6. The van der Waals surface area contributed by atoms with Crippen LogP contribution in [0.15, 0.2) is 78.2 Å². The number of aromatic nitrogens is 3. The number of likely N-dealkylation sites (tertiary alicyclic amines) is 1. The van der Waals surface area contributed by atoms with Crippen LogP contribution >= 0.6 is 0 Å². The third kappa shape index (κ3) is 9.57. The third-order valence-electron chi connectivity index (χ3n) is 8.79. The number of ketones is 1. The second kappa shape index (κ2) is 17.2. The average molecular weight is 697 g/mol. The minimum atomic E-state index is -0.486. The highest BCUT2D eigenvalue weighted by Gasteiger charge is 2.24. The number of pyridine rings is 1. The number of carbonyl (C=O) groups is 1. The predicted molar refractivity (Wildman–Crippen MR) is 202 cm³/mol. The molecule has 0 saturated carbocycles. The van der Waals surface area contributed by atoms with Gasteiger partial charge in [0, 0.05) is 55.7 Å². The molecule has 0 aliphatic carbocycles. The van der Waals surface area contributed by atoms with Gasteiger partial charge in [-0.2, -0.15) is 5.10 Å². The first kappa shape index (κ1) is 37.2. The molecule has 2 unspecified atom stereocenters. The van der Waals surface area contributed by atoms with Crippen molar-refractivity contribution < 1.29 is 18.7 Å². The fraction of sp³-hybridized carbons (Fsp3) is 0.410. The van der Waals surface area contributed by atoms with Crippen LogP contribution in [0.4, 0.5) is 21.7 Å². The molecule has 3 aromatic rings. The summed E-state index contributed by atoms with van der Waals surface area (Å²) in [6.07, 6.45) is 16.6. The van der Waals surface area contributed by atoms with Crippen molar-refractivity contribution in [1.29, 1.82) is 0 Å². The van der Waals surface area contributed by atoms with Crippen LogP contribution in [0.5, 0.6) is 11.5 Å². The summed E-state index contributed by atoms with van der Waals surface area (Å²) < 4.78 is 27.4. The molecule has 3 aliphatic rings. The van der Waals surface area contributed by atoms with Crippen molar-refractivity contribution in [3.63, 3.8) is 0 Å². The highest BCUT2D eigenvalue weighted by atomic mass is 19.1. The molecule has 0 amide bonds. The summed E-state index contributed by atoms with van der Waals surface area (Å²) in [5.41, 5.74) is 2.81. The molecule has 5 heterocycles. The van der Waals surface area contributed by atoms with E-state index in [1.165, 1.54) is 25.2 Å². The molecule has 1 N–H and O–H groups in total. The van der Waals surface area contributed by atoms with Gasteiger partial charge in [-0.1, -0.05) is 32.9 Å². The number of anilines is 3. The number of allylic oxidation sites excluding steroid dienone is 3. The van der Waals surface area contributed by atoms with Crippen LogP contribution in [0.3, 0.4) is 0 Å². The van der Waals surface area contributed by atoms with Crippen molar-refractivity contribution in [2.45, 2.75) is 66.3 Å². The lowest BCUT2D eigenvalue weighted by molar-refractivity contribution is -0.112. The highest BCUT2D eigenvalue weighted by Crippen LogP contribution is 2.36. The Kier molecular flexibility index (Phi) is 12.5. The Balaban J connectivity index is 0.000000392. The number of hydrogen-bond acceptors (Lipinski definition) is 11. The van der Waals surface area contributed by atoms with Gasteiger partial charge in [0.15, 0.2) is 23.2 Å². The summed E-state index contributed by atoms with van der Waals surface area (Å²) in [5.74, 6) is 2.84. The van der Waals surface area contributed by atoms with Crippen LogP contribution in [0.1, 0.15) is 58.9 Å². The Labute approximate surface area is 300 Å². The van der Waals surface area contributed by atoms with Gasteiger partial charge >= 0.3 is 0 Å². The Morgan fingerprint density at radius 3 is 2.80 bits per heavy atom.